The molecule has 1 unspecified atom stereocenters. The van der Waals surface area contributed by atoms with Crippen molar-refractivity contribution in [2.75, 3.05) is 0 Å². The molecule has 0 bridgehead atoms. The Labute approximate surface area is 112 Å². The third-order valence-electron chi connectivity index (χ3n) is 2.95. The molecule has 1 heterocycles. The number of rotatable bonds is 2. The van der Waals surface area contributed by atoms with Gasteiger partial charge in [0.1, 0.15) is 0 Å². The molecular weight excluding hydrogens is 246 g/mol. The molecule has 1 aromatic carbocycles. The fourth-order valence-electron chi connectivity index (χ4n) is 2.14. The van der Waals surface area contributed by atoms with E-state index >= 15 is 0 Å². The molecule has 1 nitrogen and oxygen atoms in total. The summed E-state index contributed by atoms with van der Waals surface area (Å²) < 4.78 is 0. The van der Waals surface area contributed by atoms with Crippen LogP contribution in [0.2, 0.25) is 0 Å². The summed E-state index contributed by atoms with van der Waals surface area (Å²) in [5.41, 5.74) is 3.79. The van der Waals surface area contributed by atoms with Crippen molar-refractivity contribution in [2.45, 2.75) is 12.3 Å². The maximum absolute atomic E-state index is 4.36. The molecule has 0 amide bonds. The normalized spacial score (nSPS) is 16.4. The van der Waals surface area contributed by atoms with Gasteiger partial charge in [0.2, 0.25) is 0 Å². The van der Waals surface area contributed by atoms with Crippen LogP contribution in [-0.4, -0.2) is 4.98 Å². The Morgan fingerprint density at radius 3 is 2.71 bits per heavy atom. The van der Waals surface area contributed by atoms with E-state index in [1.54, 1.807) is 0 Å². The first-order valence-corrected chi connectivity index (χ1v) is 5.51. The third kappa shape index (κ3) is 2.49. The largest absolute Gasteiger partial charge is 0.268 e. The molecule has 0 saturated heterocycles. The van der Waals surface area contributed by atoms with Crippen molar-refractivity contribution in [1.29, 1.82) is 0 Å². The zero-order valence-electron chi connectivity index (χ0n) is 9.34. The van der Waals surface area contributed by atoms with Gasteiger partial charge in [-0.3, -0.25) is 11.1 Å². The van der Waals surface area contributed by atoms with Crippen LogP contribution < -0.4 is 0 Å². The van der Waals surface area contributed by atoms with Crippen LogP contribution in [0.15, 0.2) is 48.7 Å². The smallest absolute Gasteiger partial charge is 0.0397 e. The SMILES string of the molecule is [C-]1=Cc2ccccc2C1Cc1ccccn1.[Cr]. The molecular formula is C15H12CrN-. The van der Waals surface area contributed by atoms with Gasteiger partial charge in [0, 0.05) is 29.3 Å². The van der Waals surface area contributed by atoms with Gasteiger partial charge in [0.25, 0.3) is 0 Å². The number of hydrogen-bond acceptors (Lipinski definition) is 1. The van der Waals surface area contributed by atoms with Gasteiger partial charge < -0.3 is 0 Å². The molecule has 0 radical (unpaired) electrons. The second-order valence-electron chi connectivity index (χ2n) is 4.02. The summed E-state index contributed by atoms with van der Waals surface area (Å²) in [4.78, 5) is 4.36. The summed E-state index contributed by atoms with van der Waals surface area (Å²) in [6.45, 7) is 0. The summed E-state index contributed by atoms with van der Waals surface area (Å²) in [6, 6.07) is 14.5. The molecule has 0 aliphatic heterocycles. The minimum atomic E-state index is 0. The predicted octanol–water partition coefficient (Wildman–Crippen LogP) is 3.24. The molecule has 1 aliphatic carbocycles. The van der Waals surface area contributed by atoms with Gasteiger partial charge in [-0.1, -0.05) is 30.2 Å². The van der Waals surface area contributed by atoms with Crippen molar-refractivity contribution in [2.24, 2.45) is 0 Å². The first kappa shape index (κ1) is 12.1. The summed E-state index contributed by atoms with van der Waals surface area (Å²) in [6.07, 6.45) is 8.28. The Kier molecular flexibility index (Phi) is 3.79. The van der Waals surface area contributed by atoms with Crippen LogP contribution in [0.4, 0.5) is 0 Å². The van der Waals surface area contributed by atoms with Gasteiger partial charge in [0.05, 0.1) is 0 Å². The second kappa shape index (κ2) is 5.32. The molecule has 84 valence electrons. The number of nitrogens with zero attached hydrogens (tertiary/aromatic N) is 1. The Bertz CT molecular complexity index is 519. The van der Waals surface area contributed by atoms with Crippen molar-refractivity contribution in [3.05, 3.63) is 71.6 Å². The van der Waals surface area contributed by atoms with E-state index in [1.165, 1.54) is 11.1 Å². The molecule has 0 N–H and O–H groups in total. The summed E-state index contributed by atoms with van der Waals surface area (Å²) >= 11 is 0. The number of fused-ring (bicyclic) bond motifs is 1. The fraction of sp³-hybridized carbons (Fsp3) is 0.133. The van der Waals surface area contributed by atoms with E-state index in [2.05, 4.69) is 47.5 Å². The molecule has 2 heteroatoms. The van der Waals surface area contributed by atoms with Crippen molar-refractivity contribution in [3.8, 4) is 0 Å². The molecule has 0 saturated carbocycles. The summed E-state index contributed by atoms with van der Waals surface area (Å²) in [5, 5.41) is 0. The monoisotopic (exact) mass is 258 g/mol. The Balaban J connectivity index is 0.00000108. The molecule has 17 heavy (non-hydrogen) atoms. The zero-order valence-corrected chi connectivity index (χ0v) is 10.6. The van der Waals surface area contributed by atoms with Gasteiger partial charge in [0.15, 0.2) is 0 Å². The third-order valence-corrected chi connectivity index (χ3v) is 2.95. The van der Waals surface area contributed by atoms with Crippen LogP contribution in [-0.2, 0) is 23.8 Å². The van der Waals surface area contributed by atoms with Crippen LogP contribution in [0.3, 0.4) is 0 Å². The van der Waals surface area contributed by atoms with Crippen LogP contribution >= 0.6 is 0 Å². The molecule has 1 atom stereocenters. The average molecular weight is 258 g/mol. The molecule has 1 aromatic heterocycles. The van der Waals surface area contributed by atoms with Crippen molar-refractivity contribution in [1.82, 2.24) is 4.98 Å². The van der Waals surface area contributed by atoms with E-state index in [1.807, 2.05) is 18.3 Å². The quantitative estimate of drug-likeness (QED) is 0.754. The Morgan fingerprint density at radius 2 is 1.88 bits per heavy atom. The van der Waals surface area contributed by atoms with Gasteiger partial charge in [-0.25, -0.2) is 6.08 Å². The number of allylic oxidation sites excluding steroid dienone is 1. The Hall–Kier alpha value is -1.36. The average Bonchev–Trinajstić information content (AvgIpc) is 2.74. The van der Waals surface area contributed by atoms with Crippen molar-refractivity contribution in [3.63, 3.8) is 0 Å². The maximum atomic E-state index is 4.36. The summed E-state index contributed by atoms with van der Waals surface area (Å²) in [7, 11) is 0. The molecule has 0 fully saturated rings. The fourth-order valence-corrected chi connectivity index (χ4v) is 2.14. The standard InChI is InChI=1S/C15H12N.Cr/c1-2-7-15-12(5-1)8-9-13(15)11-14-6-3-4-10-16-14;/h1-8,10,13H,11H2;/q-1;. The van der Waals surface area contributed by atoms with E-state index in [4.69, 9.17) is 0 Å². The molecule has 1 aliphatic rings. The Morgan fingerprint density at radius 1 is 1.06 bits per heavy atom. The van der Waals surface area contributed by atoms with Crippen LogP contribution in [0, 0.1) is 6.08 Å². The number of benzene rings is 1. The topological polar surface area (TPSA) is 12.9 Å². The zero-order chi connectivity index (χ0) is 10.8. The second-order valence-corrected chi connectivity index (χ2v) is 4.02. The van der Waals surface area contributed by atoms with E-state index in [0.717, 1.165) is 12.1 Å². The first-order valence-electron chi connectivity index (χ1n) is 5.51. The van der Waals surface area contributed by atoms with Crippen LogP contribution in [0.5, 0.6) is 0 Å². The number of pyridine rings is 1. The first-order chi connectivity index (χ1) is 7.93. The van der Waals surface area contributed by atoms with Crippen molar-refractivity contribution >= 4 is 6.08 Å². The maximum Gasteiger partial charge on any atom is 0.0397 e. The van der Waals surface area contributed by atoms with E-state index in [-0.39, 0.29) is 17.4 Å². The number of hydrogen-bond donors (Lipinski definition) is 0. The van der Waals surface area contributed by atoms with Crippen LogP contribution in [0.25, 0.3) is 6.08 Å². The van der Waals surface area contributed by atoms with Gasteiger partial charge in [-0.2, -0.15) is 5.56 Å². The predicted molar refractivity (Wildman–Crippen MR) is 64.8 cm³/mol. The van der Waals surface area contributed by atoms with Gasteiger partial charge in [-0.05, 0) is 18.6 Å². The molecule has 3 rings (SSSR count). The van der Waals surface area contributed by atoms with Crippen LogP contribution in [0.1, 0.15) is 22.7 Å². The molecule has 0 spiro atoms. The van der Waals surface area contributed by atoms with Gasteiger partial charge in [-0.15, -0.1) is 11.6 Å². The van der Waals surface area contributed by atoms with Crippen molar-refractivity contribution < 1.29 is 17.4 Å². The summed E-state index contributed by atoms with van der Waals surface area (Å²) in [5.74, 6) is 0.367. The van der Waals surface area contributed by atoms with E-state index < -0.39 is 0 Å². The minimum Gasteiger partial charge on any atom is -0.268 e. The minimum absolute atomic E-state index is 0. The molecule has 2 aromatic rings. The van der Waals surface area contributed by atoms with E-state index in [0.29, 0.717) is 5.92 Å². The van der Waals surface area contributed by atoms with Gasteiger partial charge >= 0.3 is 0 Å². The number of aromatic nitrogens is 1. The van der Waals surface area contributed by atoms with E-state index in [9.17, 15) is 0 Å².